The molecule has 3 aromatic rings. The van der Waals surface area contributed by atoms with Gasteiger partial charge in [-0.2, -0.15) is 21.6 Å². The zero-order valence-corrected chi connectivity index (χ0v) is 20.9. The maximum atomic E-state index is 13.1. The van der Waals surface area contributed by atoms with Gasteiger partial charge < -0.3 is 10.2 Å². The van der Waals surface area contributed by atoms with Crippen molar-refractivity contribution in [3.05, 3.63) is 89.5 Å². The minimum Gasteiger partial charge on any atom is -0.325 e. The van der Waals surface area contributed by atoms with E-state index in [0.29, 0.717) is 28.2 Å². The fourth-order valence-corrected chi connectivity index (χ4v) is 4.50. The average molecular weight is 531 g/mol. The topological polar surface area (TPSA) is 90.9 Å². The van der Waals surface area contributed by atoms with Crippen LogP contribution >= 0.6 is 0 Å². The number of benzene rings is 3. The molecule has 0 bridgehead atoms. The van der Waals surface area contributed by atoms with Gasteiger partial charge in [-0.1, -0.05) is 42.5 Å². The lowest BCUT2D eigenvalue weighted by Gasteiger charge is -2.16. The van der Waals surface area contributed by atoms with Gasteiger partial charge in [0.05, 0.1) is 11.4 Å². The van der Waals surface area contributed by atoms with Gasteiger partial charge in [-0.05, 0) is 67.5 Å². The molecular formula is C26H25F3N4O3S. The highest BCUT2D eigenvalue weighted by atomic mass is 32.2. The predicted molar refractivity (Wildman–Crippen MR) is 138 cm³/mol. The van der Waals surface area contributed by atoms with E-state index in [9.17, 15) is 26.4 Å². The van der Waals surface area contributed by atoms with Gasteiger partial charge in [0.25, 0.3) is 0 Å². The Hall–Kier alpha value is -3.70. The van der Waals surface area contributed by atoms with Crippen molar-refractivity contribution in [3.8, 4) is 0 Å². The van der Waals surface area contributed by atoms with Gasteiger partial charge in [0.15, 0.2) is 0 Å². The Morgan fingerprint density at radius 3 is 2.32 bits per heavy atom. The van der Waals surface area contributed by atoms with Crippen molar-refractivity contribution in [1.82, 2.24) is 4.90 Å². The molecule has 2 N–H and O–H groups in total. The summed E-state index contributed by atoms with van der Waals surface area (Å²) in [7, 11) is -1.63. The number of likely N-dealkylation sites (N-methyl/N-ethyl adjacent to an activating group) is 1. The van der Waals surface area contributed by atoms with E-state index in [1.807, 2.05) is 44.4 Å². The molecule has 0 fully saturated rings. The number of halogens is 3. The van der Waals surface area contributed by atoms with Gasteiger partial charge in [-0.25, -0.2) is 0 Å². The normalized spacial score (nSPS) is 16.0. The number of amides is 1. The largest absolute Gasteiger partial charge is 0.516 e. The lowest BCUT2D eigenvalue weighted by molar-refractivity contribution is -0.115. The van der Waals surface area contributed by atoms with E-state index in [0.717, 1.165) is 24.6 Å². The maximum absolute atomic E-state index is 13.1. The van der Waals surface area contributed by atoms with Crippen molar-refractivity contribution >= 4 is 38.7 Å². The maximum Gasteiger partial charge on any atom is 0.516 e. The van der Waals surface area contributed by atoms with E-state index in [1.54, 1.807) is 29.0 Å². The standard InChI is InChI=1S/C26H25F3N4O3S/c1-33(2)15-14-17-8-10-19(11-9-17)30-24(18-6-4-3-5-7-18)23-21-16-20(12-13-22(21)31-25(23)34)32-37(35,36)26(27,28)29/h3-13,16,23,32H,14-15H2,1-2H3,(H,31,34). The number of anilines is 2. The van der Waals surface area contributed by atoms with Gasteiger partial charge in [0, 0.05) is 17.9 Å². The number of nitrogens with zero attached hydrogens (tertiary/aromatic N) is 2. The molecule has 1 amide bonds. The zero-order valence-electron chi connectivity index (χ0n) is 20.1. The SMILES string of the molecule is CN(C)CCc1ccc(N=C(c2ccccc2)C2C(=O)Nc3ccc(NS(=O)(=O)C(F)(F)F)cc32)cc1. The fraction of sp³-hybridized carbons (Fsp3) is 0.231. The molecule has 194 valence electrons. The summed E-state index contributed by atoms with van der Waals surface area (Å²) in [5.41, 5.74) is -2.35. The second-order valence-corrected chi connectivity index (χ2v) is 10.5. The summed E-state index contributed by atoms with van der Waals surface area (Å²) in [6.07, 6.45) is 0.859. The van der Waals surface area contributed by atoms with Crippen LogP contribution in [0.15, 0.2) is 77.8 Å². The zero-order chi connectivity index (χ0) is 26.8. The highest BCUT2D eigenvalue weighted by molar-refractivity contribution is 7.93. The van der Waals surface area contributed by atoms with E-state index in [4.69, 9.17) is 4.99 Å². The quantitative estimate of drug-likeness (QED) is 0.405. The number of sulfonamides is 1. The first-order valence-corrected chi connectivity index (χ1v) is 12.8. The van der Waals surface area contributed by atoms with Gasteiger partial charge in [-0.3, -0.25) is 14.5 Å². The van der Waals surface area contributed by atoms with Crippen molar-refractivity contribution in [3.63, 3.8) is 0 Å². The molecular weight excluding hydrogens is 505 g/mol. The Labute approximate surface area is 213 Å². The van der Waals surface area contributed by atoms with Gasteiger partial charge >= 0.3 is 15.5 Å². The molecule has 1 aliphatic heterocycles. The lowest BCUT2D eigenvalue weighted by Crippen LogP contribution is -2.30. The van der Waals surface area contributed by atoms with Crippen LogP contribution in [0.3, 0.4) is 0 Å². The Morgan fingerprint density at radius 1 is 1.03 bits per heavy atom. The number of rotatable bonds is 8. The molecule has 1 atom stereocenters. The van der Waals surface area contributed by atoms with Crippen LogP contribution in [0.25, 0.3) is 0 Å². The van der Waals surface area contributed by atoms with E-state index in [-0.39, 0.29) is 5.69 Å². The number of aliphatic imine (C=N–C) groups is 1. The summed E-state index contributed by atoms with van der Waals surface area (Å²) in [6, 6.07) is 20.3. The molecule has 0 spiro atoms. The van der Waals surface area contributed by atoms with E-state index in [2.05, 4.69) is 10.2 Å². The molecule has 7 nitrogen and oxygen atoms in total. The molecule has 0 aromatic heterocycles. The number of hydrogen-bond donors (Lipinski definition) is 2. The predicted octanol–water partition coefficient (Wildman–Crippen LogP) is 4.91. The Kier molecular flexibility index (Phi) is 7.37. The first-order valence-electron chi connectivity index (χ1n) is 11.4. The molecule has 0 saturated heterocycles. The van der Waals surface area contributed by atoms with Crippen LogP contribution in [0, 0.1) is 0 Å². The molecule has 1 heterocycles. The second-order valence-electron chi connectivity index (χ2n) is 8.86. The molecule has 0 radical (unpaired) electrons. The second kappa shape index (κ2) is 10.3. The van der Waals surface area contributed by atoms with Crippen LogP contribution < -0.4 is 10.0 Å². The number of nitrogens with one attached hydrogen (secondary N) is 2. The number of alkyl halides is 3. The van der Waals surface area contributed by atoms with E-state index >= 15 is 0 Å². The summed E-state index contributed by atoms with van der Waals surface area (Å²) >= 11 is 0. The molecule has 4 rings (SSSR count). The minimum atomic E-state index is -5.62. The van der Waals surface area contributed by atoms with Crippen molar-refractivity contribution in [2.75, 3.05) is 30.7 Å². The Bertz CT molecular complexity index is 1420. The van der Waals surface area contributed by atoms with Crippen molar-refractivity contribution in [1.29, 1.82) is 0 Å². The third-order valence-electron chi connectivity index (χ3n) is 5.82. The summed E-state index contributed by atoms with van der Waals surface area (Å²) in [4.78, 5) is 19.9. The highest BCUT2D eigenvalue weighted by Crippen LogP contribution is 2.38. The van der Waals surface area contributed by atoms with Crippen molar-refractivity contribution < 1.29 is 26.4 Å². The number of carbonyl (C=O) groups is 1. The summed E-state index contributed by atoms with van der Waals surface area (Å²) < 4.78 is 63.5. The van der Waals surface area contributed by atoms with Gasteiger partial charge in [0.2, 0.25) is 5.91 Å². The highest BCUT2D eigenvalue weighted by Gasteiger charge is 2.46. The molecule has 0 aliphatic carbocycles. The average Bonchev–Trinajstić information content (AvgIpc) is 3.16. The summed E-state index contributed by atoms with van der Waals surface area (Å²) in [5, 5.41) is 2.72. The third-order valence-corrected chi connectivity index (χ3v) is 6.93. The molecule has 1 aliphatic rings. The van der Waals surface area contributed by atoms with Crippen LogP contribution in [-0.4, -0.2) is 51.1 Å². The number of fused-ring (bicyclic) bond motifs is 1. The smallest absolute Gasteiger partial charge is 0.325 e. The molecule has 1 unspecified atom stereocenters. The van der Waals surface area contributed by atoms with Crippen LogP contribution in [-0.2, 0) is 21.2 Å². The molecule has 3 aromatic carbocycles. The fourth-order valence-electron chi connectivity index (χ4n) is 3.94. The van der Waals surface area contributed by atoms with E-state index < -0.39 is 27.4 Å². The lowest BCUT2D eigenvalue weighted by atomic mass is 9.90. The van der Waals surface area contributed by atoms with Crippen LogP contribution in [0.1, 0.15) is 22.6 Å². The summed E-state index contributed by atoms with van der Waals surface area (Å²) in [5.74, 6) is -1.39. The first kappa shape index (κ1) is 26.4. The first-order chi connectivity index (χ1) is 17.4. The summed E-state index contributed by atoms with van der Waals surface area (Å²) in [6.45, 7) is 0.886. The molecule has 37 heavy (non-hydrogen) atoms. The number of hydrogen-bond acceptors (Lipinski definition) is 5. The van der Waals surface area contributed by atoms with Crippen LogP contribution in [0.5, 0.6) is 0 Å². The Balaban J connectivity index is 1.74. The van der Waals surface area contributed by atoms with Gasteiger partial charge in [0.1, 0.15) is 5.92 Å². The van der Waals surface area contributed by atoms with Gasteiger partial charge in [-0.15, -0.1) is 0 Å². The monoisotopic (exact) mass is 530 g/mol. The van der Waals surface area contributed by atoms with Crippen molar-refractivity contribution in [2.45, 2.75) is 17.8 Å². The van der Waals surface area contributed by atoms with Crippen LogP contribution in [0.2, 0.25) is 0 Å². The molecule has 0 saturated carbocycles. The Morgan fingerprint density at radius 2 is 1.70 bits per heavy atom. The van der Waals surface area contributed by atoms with Crippen LogP contribution in [0.4, 0.5) is 30.2 Å². The van der Waals surface area contributed by atoms with Crippen molar-refractivity contribution in [2.24, 2.45) is 4.99 Å². The number of carbonyl (C=O) groups excluding carboxylic acids is 1. The van der Waals surface area contributed by atoms with E-state index in [1.165, 1.54) is 12.1 Å². The molecule has 11 heteroatoms. The minimum absolute atomic E-state index is 0.310. The third kappa shape index (κ3) is 6.00.